The SMILES string of the molecule is COc1cccc(CN2CCN(c3ccccc3Cl)CC2)c1. The van der Waals surface area contributed by atoms with E-state index in [9.17, 15) is 0 Å². The van der Waals surface area contributed by atoms with E-state index < -0.39 is 0 Å². The van der Waals surface area contributed by atoms with Crippen LogP contribution in [0.3, 0.4) is 0 Å². The zero-order valence-electron chi connectivity index (χ0n) is 12.8. The van der Waals surface area contributed by atoms with E-state index in [1.807, 2.05) is 30.3 Å². The van der Waals surface area contributed by atoms with Crippen molar-refractivity contribution >= 4 is 17.3 Å². The van der Waals surface area contributed by atoms with Gasteiger partial charge in [-0.05, 0) is 29.8 Å². The number of ether oxygens (including phenoxy) is 1. The second-order valence-corrected chi connectivity index (χ2v) is 5.97. The van der Waals surface area contributed by atoms with Gasteiger partial charge in [0.25, 0.3) is 0 Å². The average Bonchev–Trinajstić information content (AvgIpc) is 2.56. The van der Waals surface area contributed by atoms with Gasteiger partial charge < -0.3 is 9.64 Å². The van der Waals surface area contributed by atoms with Crippen molar-refractivity contribution in [3.63, 3.8) is 0 Å². The molecule has 1 heterocycles. The highest BCUT2D eigenvalue weighted by atomic mass is 35.5. The molecule has 0 N–H and O–H groups in total. The first kappa shape index (κ1) is 15.2. The lowest BCUT2D eigenvalue weighted by molar-refractivity contribution is 0.249. The molecule has 3 rings (SSSR count). The van der Waals surface area contributed by atoms with Gasteiger partial charge in [0, 0.05) is 32.7 Å². The van der Waals surface area contributed by atoms with Gasteiger partial charge in [0.2, 0.25) is 0 Å². The number of rotatable bonds is 4. The Morgan fingerprint density at radius 3 is 2.50 bits per heavy atom. The lowest BCUT2D eigenvalue weighted by atomic mass is 10.2. The highest BCUT2D eigenvalue weighted by molar-refractivity contribution is 6.33. The molecular formula is C18H21ClN2O. The number of hydrogen-bond donors (Lipinski definition) is 0. The molecule has 1 aliphatic heterocycles. The molecule has 0 spiro atoms. The van der Waals surface area contributed by atoms with Crippen molar-refractivity contribution in [2.75, 3.05) is 38.2 Å². The molecule has 0 unspecified atom stereocenters. The monoisotopic (exact) mass is 316 g/mol. The van der Waals surface area contributed by atoms with E-state index in [1.165, 1.54) is 5.56 Å². The molecule has 1 fully saturated rings. The van der Waals surface area contributed by atoms with Crippen LogP contribution in [0.15, 0.2) is 48.5 Å². The summed E-state index contributed by atoms with van der Waals surface area (Å²) in [5.41, 5.74) is 2.44. The van der Waals surface area contributed by atoms with Crippen LogP contribution in [0, 0.1) is 0 Å². The minimum atomic E-state index is 0.837. The lowest BCUT2D eigenvalue weighted by Crippen LogP contribution is -2.46. The van der Waals surface area contributed by atoms with Crippen molar-refractivity contribution in [3.05, 3.63) is 59.1 Å². The summed E-state index contributed by atoms with van der Waals surface area (Å²) in [6.07, 6.45) is 0. The van der Waals surface area contributed by atoms with Crippen molar-refractivity contribution in [1.29, 1.82) is 0 Å². The molecule has 2 aromatic carbocycles. The molecule has 116 valence electrons. The van der Waals surface area contributed by atoms with Crippen molar-refractivity contribution in [2.45, 2.75) is 6.54 Å². The minimum absolute atomic E-state index is 0.837. The van der Waals surface area contributed by atoms with Gasteiger partial charge in [-0.2, -0.15) is 0 Å². The van der Waals surface area contributed by atoms with Crippen LogP contribution in [0.5, 0.6) is 5.75 Å². The molecule has 0 aliphatic carbocycles. The highest BCUT2D eigenvalue weighted by Gasteiger charge is 2.18. The molecule has 0 saturated carbocycles. The van der Waals surface area contributed by atoms with Gasteiger partial charge in [-0.3, -0.25) is 4.90 Å². The van der Waals surface area contributed by atoms with Crippen LogP contribution in [0.1, 0.15) is 5.56 Å². The zero-order chi connectivity index (χ0) is 15.4. The van der Waals surface area contributed by atoms with Crippen LogP contribution >= 0.6 is 11.6 Å². The van der Waals surface area contributed by atoms with Crippen molar-refractivity contribution in [1.82, 2.24) is 4.90 Å². The zero-order valence-corrected chi connectivity index (χ0v) is 13.6. The van der Waals surface area contributed by atoms with Crippen LogP contribution in [0.2, 0.25) is 5.02 Å². The summed E-state index contributed by atoms with van der Waals surface area (Å²) in [7, 11) is 1.71. The standard InChI is InChI=1S/C18H21ClN2O/c1-22-16-6-4-5-15(13-16)14-20-9-11-21(12-10-20)18-8-3-2-7-17(18)19/h2-8,13H,9-12,14H2,1H3. The second-order valence-electron chi connectivity index (χ2n) is 5.57. The normalized spacial score (nSPS) is 15.8. The summed E-state index contributed by atoms with van der Waals surface area (Å²) in [6.45, 7) is 5.07. The smallest absolute Gasteiger partial charge is 0.119 e. The van der Waals surface area contributed by atoms with E-state index in [0.717, 1.165) is 49.2 Å². The molecular weight excluding hydrogens is 296 g/mol. The Morgan fingerprint density at radius 1 is 1.00 bits per heavy atom. The second kappa shape index (κ2) is 7.03. The van der Waals surface area contributed by atoms with Gasteiger partial charge in [-0.1, -0.05) is 35.9 Å². The molecule has 0 radical (unpaired) electrons. The van der Waals surface area contributed by atoms with E-state index in [2.05, 4.69) is 28.0 Å². The summed E-state index contributed by atoms with van der Waals surface area (Å²) >= 11 is 6.29. The molecule has 0 atom stereocenters. The fourth-order valence-electron chi connectivity index (χ4n) is 2.88. The number of piperazine rings is 1. The molecule has 1 saturated heterocycles. The molecule has 0 aromatic heterocycles. The third-order valence-electron chi connectivity index (χ3n) is 4.11. The molecule has 0 bridgehead atoms. The van der Waals surface area contributed by atoms with Crippen molar-refractivity contribution in [3.8, 4) is 5.75 Å². The topological polar surface area (TPSA) is 15.7 Å². The van der Waals surface area contributed by atoms with Crippen LogP contribution in [0.25, 0.3) is 0 Å². The third-order valence-corrected chi connectivity index (χ3v) is 4.43. The van der Waals surface area contributed by atoms with Gasteiger partial charge in [0.1, 0.15) is 5.75 Å². The molecule has 4 heteroatoms. The average molecular weight is 317 g/mol. The first-order valence-electron chi connectivity index (χ1n) is 7.61. The van der Waals surface area contributed by atoms with Crippen LogP contribution in [-0.2, 0) is 6.54 Å². The lowest BCUT2D eigenvalue weighted by Gasteiger charge is -2.36. The fraction of sp³-hybridized carbons (Fsp3) is 0.333. The van der Waals surface area contributed by atoms with Crippen LogP contribution in [0.4, 0.5) is 5.69 Å². The molecule has 1 aliphatic rings. The van der Waals surface area contributed by atoms with E-state index >= 15 is 0 Å². The Morgan fingerprint density at radius 2 is 1.77 bits per heavy atom. The minimum Gasteiger partial charge on any atom is -0.497 e. The van der Waals surface area contributed by atoms with Crippen LogP contribution < -0.4 is 9.64 Å². The first-order chi connectivity index (χ1) is 10.8. The van der Waals surface area contributed by atoms with Gasteiger partial charge in [-0.25, -0.2) is 0 Å². The number of hydrogen-bond acceptors (Lipinski definition) is 3. The molecule has 2 aromatic rings. The summed E-state index contributed by atoms with van der Waals surface area (Å²) in [6, 6.07) is 16.4. The predicted molar refractivity (Wildman–Crippen MR) is 91.9 cm³/mol. The fourth-order valence-corrected chi connectivity index (χ4v) is 3.14. The Bertz CT molecular complexity index is 624. The molecule has 0 amide bonds. The third kappa shape index (κ3) is 3.54. The number of benzene rings is 2. The maximum atomic E-state index is 6.29. The Hall–Kier alpha value is -1.71. The summed E-state index contributed by atoms with van der Waals surface area (Å²) < 4.78 is 5.29. The summed E-state index contributed by atoms with van der Waals surface area (Å²) in [5, 5.41) is 0.837. The first-order valence-corrected chi connectivity index (χ1v) is 7.99. The predicted octanol–water partition coefficient (Wildman–Crippen LogP) is 3.67. The number of halogens is 1. The van der Waals surface area contributed by atoms with Crippen molar-refractivity contribution in [2.24, 2.45) is 0 Å². The van der Waals surface area contributed by atoms with Gasteiger partial charge in [-0.15, -0.1) is 0 Å². The largest absolute Gasteiger partial charge is 0.497 e. The molecule has 22 heavy (non-hydrogen) atoms. The maximum absolute atomic E-state index is 6.29. The number of methoxy groups -OCH3 is 1. The van der Waals surface area contributed by atoms with Crippen LogP contribution in [-0.4, -0.2) is 38.2 Å². The van der Waals surface area contributed by atoms with E-state index in [0.29, 0.717) is 0 Å². The number of para-hydroxylation sites is 1. The van der Waals surface area contributed by atoms with Crippen molar-refractivity contribution < 1.29 is 4.74 Å². The Labute approximate surface area is 137 Å². The van der Waals surface area contributed by atoms with Gasteiger partial charge in [0.05, 0.1) is 17.8 Å². The summed E-state index contributed by atoms with van der Waals surface area (Å²) in [5.74, 6) is 0.923. The molecule has 3 nitrogen and oxygen atoms in total. The number of nitrogens with zero attached hydrogens (tertiary/aromatic N) is 2. The van der Waals surface area contributed by atoms with E-state index in [-0.39, 0.29) is 0 Å². The Kier molecular flexibility index (Phi) is 4.86. The van der Waals surface area contributed by atoms with E-state index in [4.69, 9.17) is 16.3 Å². The quantitative estimate of drug-likeness (QED) is 0.856. The number of anilines is 1. The van der Waals surface area contributed by atoms with E-state index in [1.54, 1.807) is 7.11 Å². The maximum Gasteiger partial charge on any atom is 0.119 e. The van der Waals surface area contributed by atoms with Gasteiger partial charge in [0.15, 0.2) is 0 Å². The van der Waals surface area contributed by atoms with Gasteiger partial charge >= 0.3 is 0 Å². The Balaban J connectivity index is 1.59. The summed E-state index contributed by atoms with van der Waals surface area (Å²) in [4.78, 5) is 4.84. The highest BCUT2D eigenvalue weighted by Crippen LogP contribution is 2.26.